The first kappa shape index (κ1) is 20.9. The van der Waals surface area contributed by atoms with Crippen molar-refractivity contribution in [2.45, 2.75) is 59.5 Å². The number of H-pyrrole nitrogens is 1. The van der Waals surface area contributed by atoms with Gasteiger partial charge in [0.15, 0.2) is 11.2 Å². The number of hydrogen-bond donors (Lipinski definition) is 3. The largest absolute Gasteiger partial charge is 0.355 e. The second kappa shape index (κ2) is 9.50. The van der Waals surface area contributed by atoms with E-state index in [-0.39, 0.29) is 18.2 Å². The number of fused-ring (bicyclic) bond motifs is 1. The number of nitrogens with zero attached hydrogens (tertiary/aromatic N) is 3. The van der Waals surface area contributed by atoms with E-state index in [2.05, 4.69) is 15.3 Å². The molecule has 0 atom stereocenters. The smallest absolute Gasteiger partial charge is 0.330 e. The molecule has 0 aliphatic heterocycles. The fourth-order valence-corrected chi connectivity index (χ4v) is 3.02. The molecule has 0 fully saturated rings. The molecule has 0 bridgehead atoms. The van der Waals surface area contributed by atoms with Gasteiger partial charge in [-0.25, -0.2) is 9.78 Å². The SMILES string of the molecule is CCCCn1c(=O)[nH]c(=O)c2c1nc(CCC(=O)NCCN)n2CC(C)C. The van der Waals surface area contributed by atoms with E-state index in [9.17, 15) is 14.4 Å². The molecule has 2 aromatic heterocycles. The van der Waals surface area contributed by atoms with Crippen molar-refractivity contribution in [2.75, 3.05) is 13.1 Å². The molecular formula is C18H30N6O3. The number of nitrogens with one attached hydrogen (secondary N) is 2. The van der Waals surface area contributed by atoms with Crippen LogP contribution in [-0.2, 0) is 24.3 Å². The summed E-state index contributed by atoms with van der Waals surface area (Å²) in [7, 11) is 0. The van der Waals surface area contributed by atoms with Crippen molar-refractivity contribution in [1.29, 1.82) is 0 Å². The zero-order valence-electron chi connectivity index (χ0n) is 16.4. The lowest BCUT2D eigenvalue weighted by atomic mass is 10.2. The van der Waals surface area contributed by atoms with E-state index in [0.717, 1.165) is 12.8 Å². The first-order chi connectivity index (χ1) is 12.9. The van der Waals surface area contributed by atoms with Crippen molar-refractivity contribution < 1.29 is 4.79 Å². The van der Waals surface area contributed by atoms with Crippen LogP contribution in [0.1, 0.15) is 45.9 Å². The molecule has 9 heteroatoms. The molecule has 0 radical (unpaired) electrons. The van der Waals surface area contributed by atoms with Gasteiger partial charge in [-0.05, 0) is 12.3 Å². The Labute approximate surface area is 158 Å². The molecule has 9 nitrogen and oxygen atoms in total. The second-order valence-electron chi connectivity index (χ2n) is 7.11. The number of hydrogen-bond acceptors (Lipinski definition) is 5. The van der Waals surface area contributed by atoms with Gasteiger partial charge < -0.3 is 15.6 Å². The Kier molecular flexibility index (Phi) is 7.35. The van der Waals surface area contributed by atoms with Crippen molar-refractivity contribution in [3.05, 3.63) is 26.7 Å². The summed E-state index contributed by atoms with van der Waals surface area (Å²) in [5, 5.41) is 2.73. The van der Waals surface area contributed by atoms with Gasteiger partial charge in [-0.2, -0.15) is 0 Å². The van der Waals surface area contributed by atoms with Crippen LogP contribution in [0.4, 0.5) is 0 Å². The molecule has 4 N–H and O–H groups in total. The third-order valence-corrected chi connectivity index (χ3v) is 4.29. The third-order valence-electron chi connectivity index (χ3n) is 4.29. The highest BCUT2D eigenvalue weighted by molar-refractivity contribution is 5.76. The van der Waals surface area contributed by atoms with Gasteiger partial charge in [-0.15, -0.1) is 0 Å². The molecule has 2 heterocycles. The van der Waals surface area contributed by atoms with Crippen LogP contribution in [0, 0.1) is 5.92 Å². The fourth-order valence-electron chi connectivity index (χ4n) is 3.02. The molecule has 0 saturated heterocycles. The van der Waals surface area contributed by atoms with E-state index in [1.165, 1.54) is 4.57 Å². The van der Waals surface area contributed by atoms with Crippen molar-refractivity contribution in [3.8, 4) is 0 Å². The van der Waals surface area contributed by atoms with E-state index in [4.69, 9.17) is 5.73 Å². The maximum absolute atomic E-state index is 12.5. The van der Waals surface area contributed by atoms with Crippen LogP contribution >= 0.6 is 0 Å². The monoisotopic (exact) mass is 378 g/mol. The van der Waals surface area contributed by atoms with Gasteiger partial charge in [0.1, 0.15) is 5.82 Å². The minimum absolute atomic E-state index is 0.110. The summed E-state index contributed by atoms with van der Waals surface area (Å²) in [5.41, 5.74) is 5.32. The van der Waals surface area contributed by atoms with E-state index in [1.807, 2.05) is 25.3 Å². The summed E-state index contributed by atoms with van der Waals surface area (Å²) in [6.45, 7) is 8.03. The molecule has 0 aromatic carbocycles. The minimum atomic E-state index is -0.442. The van der Waals surface area contributed by atoms with Crippen LogP contribution in [-0.4, -0.2) is 38.1 Å². The summed E-state index contributed by atoms with van der Waals surface area (Å²) < 4.78 is 3.37. The summed E-state index contributed by atoms with van der Waals surface area (Å²) >= 11 is 0. The number of amides is 1. The standard InChI is InChI=1S/C18H30N6O3/c1-4-5-10-23-16-15(17(26)22-18(23)27)24(11-12(2)3)13(21-16)6-7-14(25)20-9-8-19/h12H,4-11,19H2,1-3H3,(H,20,25)(H,22,26,27). The normalized spacial score (nSPS) is 11.4. The summed E-state index contributed by atoms with van der Waals surface area (Å²) in [5.74, 6) is 0.812. The third kappa shape index (κ3) is 5.06. The number of aromatic amines is 1. The number of rotatable bonds is 10. The molecule has 2 aromatic rings. The van der Waals surface area contributed by atoms with Crippen molar-refractivity contribution >= 4 is 17.1 Å². The summed E-state index contributed by atoms with van der Waals surface area (Å²) in [6.07, 6.45) is 2.38. The topological polar surface area (TPSA) is 128 Å². The lowest BCUT2D eigenvalue weighted by Crippen LogP contribution is -2.31. The molecule has 0 unspecified atom stereocenters. The van der Waals surface area contributed by atoms with Crippen LogP contribution in [0.3, 0.4) is 0 Å². The zero-order valence-corrected chi connectivity index (χ0v) is 16.4. The maximum Gasteiger partial charge on any atom is 0.330 e. The number of unbranched alkanes of at least 4 members (excludes halogenated alkanes) is 1. The Bertz CT molecular complexity index is 893. The number of aromatic nitrogens is 4. The van der Waals surface area contributed by atoms with Crippen LogP contribution in [0.2, 0.25) is 0 Å². The summed E-state index contributed by atoms with van der Waals surface area (Å²) in [4.78, 5) is 43.7. The Hall–Kier alpha value is -2.42. The number of aryl methyl sites for hydroxylation is 2. The molecule has 0 saturated carbocycles. The Morgan fingerprint density at radius 1 is 1.30 bits per heavy atom. The molecule has 1 amide bonds. The minimum Gasteiger partial charge on any atom is -0.355 e. The predicted octanol–water partition coefficient (Wildman–Crippen LogP) is 0.350. The van der Waals surface area contributed by atoms with Crippen LogP contribution in [0.25, 0.3) is 11.2 Å². The highest BCUT2D eigenvalue weighted by Crippen LogP contribution is 2.16. The van der Waals surface area contributed by atoms with Crippen molar-refractivity contribution in [1.82, 2.24) is 24.4 Å². The molecule has 0 aliphatic carbocycles. The zero-order chi connectivity index (χ0) is 20.0. The van der Waals surface area contributed by atoms with Gasteiger partial charge in [-0.1, -0.05) is 27.2 Å². The molecule has 27 heavy (non-hydrogen) atoms. The second-order valence-corrected chi connectivity index (χ2v) is 7.11. The van der Waals surface area contributed by atoms with Gasteiger partial charge in [0.2, 0.25) is 5.91 Å². The maximum atomic E-state index is 12.5. The number of imidazole rings is 1. The van der Waals surface area contributed by atoms with E-state index in [0.29, 0.717) is 49.6 Å². The van der Waals surface area contributed by atoms with E-state index >= 15 is 0 Å². The van der Waals surface area contributed by atoms with Crippen molar-refractivity contribution in [3.63, 3.8) is 0 Å². The van der Waals surface area contributed by atoms with E-state index < -0.39 is 11.2 Å². The van der Waals surface area contributed by atoms with Crippen LogP contribution in [0.5, 0.6) is 0 Å². The van der Waals surface area contributed by atoms with Crippen molar-refractivity contribution in [2.24, 2.45) is 11.7 Å². The fraction of sp³-hybridized carbons (Fsp3) is 0.667. The molecular weight excluding hydrogens is 348 g/mol. The first-order valence-electron chi connectivity index (χ1n) is 9.58. The average molecular weight is 378 g/mol. The highest BCUT2D eigenvalue weighted by Gasteiger charge is 2.19. The number of carbonyl (C=O) groups excluding carboxylic acids is 1. The van der Waals surface area contributed by atoms with Crippen LogP contribution < -0.4 is 22.3 Å². The van der Waals surface area contributed by atoms with Gasteiger partial charge in [0.25, 0.3) is 5.56 Å². The number of nitrogens with two attached hydrogens (primary N) is 1. The molecule has 2 rings (SSSR count). The molecule has 150 valence electrons. The lowest BCUT2D eigenvalue weighted by molar-refractivity contribution is -0.121. The van der Waals surface area contributed by atoms with Gasteiger partial charge in [0.05, 0.1) is 0 Å². The van der Waals surface area contributed by atoms with Gasteiger partial charge in [0, 0.05) is 39.0 Å². The Morgan fingerprint density at radius 2 is 2.04 bits per heavy atom. The first-order valence-corrected chi connectivity index (χ1v) is 9.58. The molecule has 0 aliphatic rings. The Morgan fingerprint density at radius 3 is 2.67 bits per heavy atom. The lowest BCUT2D eigenvalue weighted by Gasteiger charge is -2.11. The summed E-state index contributed by atoms with van der Waals surface area (Å²) in [6, 6.07) is 0. The average Bonchev–Trinajstić information content (AvgIpc) is 2.96. The molecule has 0 spiro atoms. The quantitative estimate of drug-likeness (QED) is 0.550. The van der Waals surface area contributed by atoms with Crippen LogP contribution in [0.15, 0.2) is 9.59 Å². The van der Waals surface area contributed by atoms with Gasteiger partial charge in [-0.3, -0.25) is 19.1 Å². The highest BCUT2D eigenvalue weighted by atomic mass is 16.2. The number of carbonyl (C=O) groups is 1. The van der Waals surface area contributed by atoms with E-state index in [1.54, 1.807) is 0 Å². The predicted molar refractivity (Wildman–Crippen MR) is 105 cm³/mol. The van der Waals surface area contributed by atoms with Gasteiger partial charge >= 0.3 is 5.69 Å². The Balaban J connectivity index is 2.48.